The molecule has 2 rings (SSSR count). The number of anilines is 1. The van der Waals surface area contributed by atoms with Crippen LogP contribution in [-0.2, 0) is 25.6 Å². The quantitative estimate of drug-likeness (QED) is 0.614. The number of nitrogens with two attached hydrogens (primary N) is 1. The summed E-state index contributed by atoms with van der Waals surface area (Å²) in [6, 6.07) is 1.41. The van der Waals surface area contributed by atoms with Crippen LogP contribution >= 0.6 is 6.72 Å². The van der Waals surface area contributed by atoms with Gasteiger partial charge in [-0.3, -0.25) is 9.09 Å². The highest BCUT2D eigenvalue weighted by Crippen LogP contribution is 2.48. The number of nitrogen functional groups attached to an aromatic ring is 1. The number of hydrogen-bond donors (Lipinski definition) is 3. The van der Waals surface area contributed by atoms with Gasteiger partial charge in [0.2, 0.25) is 0 Å². The first-order valence-corrected chi connectivity index (χ1v) is 9.13. The van der Waals surface area contributed by atoms with E-state index in [1.165, 1.54) is 19.4 Å². The predicted molar refractivity (Wildman–Crippen MR) is 81.5 cm³/mol. The van der Waals surface area contributed by atoms with E-state index < -0.39 is 36.9 Å². The first-order chi connectivity index (χ1) is 10.3. The third-order valence-corrected chi connectivity index (χ3v) is 5.00. The van der Waals surface area contributed by atoms with E-state index in [1.54, 1.807) is 0 Å². The Balaban J connectivity index is 2.29. The average Bonchev–Trinajstić information content (AvgIpc) is 2.76. The van der Waals surface area contributed by atoms with Gasteiger partial charge in [0.15, 0.2) is 6.23 Å². The third-order valence-electron chi connectivity index (χ3n) is 3.32. The van der Waals surface area contributed by atoms with Gasteiger partial charge in [-0.15, -0.1) is 0 Å². The van der Waals surface area contributed by atoms with Gasteiger partial charge in [-0.1, -0.05) is 6.92 Å². The lowest BCUT2D eigenvalue weighted by atomic mass is 10.1. The number of ether oxygens (including phenoxy) is 1. The minimum absolute atomic E-state index is 0.0684. The van der Waals surface area contributed by atoms with Crippen molar-refractivity contribution in [1.82, 2.24) is 9.55 Å². The second-order valence-electron chi connectivity index (χ2n) is 4.73. The standard InChI is InChI=1S/C11H18N3O6PS/c1-3-6-9(20-21(17,22)18-2)8(15)10(19-6)14-5-4-7(12)13-11(14)16/h4-6,8-10,15H,3H2,1-2H3,(H,17,22)(H2,12,13,16)/t6-,8?,9+,10-,21?/m1/s1. The topological polar surface area (TPSA) is 129 Å². The van der Waals surface area contributed by atoms with Crippen LogP contribution in [0.4, 0.5) is 5.82 Å². The maximum atomic E-state index is 11.9. The van der Waals surface area contributed by atoms with E-state index in [0.717, 1.165) is 4.57 Å². The van der Waals surface area contributed by atoms with Gasteiger partial charge in [0.05, 0.1) is 6.10 Å². The monoisotopic (exact) mass is 351 g/mol. The zero-order valence-electron chi connectivity index (χ0n) is 12.0. The predicted octanol–water partition coefficient (Wildman–Crippen LogP) is -0.258. The Morgan fingerprint density at radius 3 is 2.86 bits per heavy atom. The number of nitrogens with zero attached hydrogens (tertiary/aromatic N) is 2. The van der Waals surface area contributed by atoms with Crippen molar-refractivity contribution < 1.29 is 23.8 Å². The summed E-state index contributed by atoms with van der Waals surface area (Å²) in [5, 5.41) is 10.4. The van der Waals surface area contributed by atoms with Crippen LogP contribution in [0.1, 0.15) is 19.6 Å². The summed E-state index contributed by atoms with van der Waals surface area (Å²) < 4.78 is 16.8. The van der Waals surface area contributed by atoms with Gasteiger partial charge >= 0.3 is 12.4 Å². The molecule has 1 fully saturated rings. The molecule has 0 spiro atoms. The molecule has 22 heavy (non-hydrogen) atoms. The van der Waals surface area contributed by atoms with E-state index in [-0.39, 0.29) is 5.82 Å². The molecule has 1 saturated heterocycles. The summed E-state index contributed by atoms with van der Waals surface area (Å²) in [4.78, 5) is 25.2. The average molecular weight is 351 g/mol. The molecule has 124 valence electrons. The van der Waals surface area contributed by atoms with Crippen molar-refractivity contribution in [2.75, 3.05) is 12.8 Å². The smallest absolute Gasteiger partial charge is 0.351 e. The van der Waals surface area contributed by atoms with Crippen molar-refractivity contribution in [3.8, 4) is 0 Å². The van der Waals surface area contributed by atoms with Gasteiger partial charge in [-0.25, -0.2) is 4.79 Å². The molecule has 0 aliphatic carbocycles. The molecular formula is C11H18N3O6PS. The van der Waals surface area contributed by atoms with Crippen LogP contribution in [0.3, 0.4) is 0 Å². The molecule has 0 amide bonds. The van der Waals surface area contributed by atoms with Crippen molar-refractivity contribution in [1.29, 1.82) is 0 Å². The lowest BCUT2D eigenvalue weighted by Crippen LogP contribution is -2.36. The maximum Gasteiger partial charge on any atom is 0.351 e. The molecule has 0 aromatic carbocycles. The number of hydrogen-bond acceptors (Lipinski definition) is 8. The lowest BCUT2D eigenvalue weighted by Gasteiger charge is -2.23. The Bertz CT molecular complexity index is 640. The van der Waals surface area contributed by atoms with Crippen molar-refractivity contribution in [3.63, 3.8) is 0 Å². The lowest BCUT2D eigenvalue weighted by molar-refractivity contribution is -0.0403. The van der Waals surface area contributed by atoms with Crippen LogP contribution < -0.4 is 11.4 Å². The van der Waals surface area contributed by atoms with E-state index >= 15 is 0 Å². The highest BCUT2D eigenvalue weighted by atomic mass is 32.5. The fraction of sp³-hybridized carbons (Fsp3) is 0.636. The summed E-state index contributed by atoms with van der Waals surface area (Å²) in [6.07, 6.45) is -1.86. The van der Waals surface area contributed by atoms with Gasteiger partial charge in [-0.2, -0.15) is 4.98 Å². The van der Waals surface area contributed by atoms with Crippen molar-refractivity contribution in [3.05, 3.63) is 22.7 Å². The highest BCUT2D eigenvalue weighted by molar-refractivity contribution is 8.07. The minimum atomic E-state index is -3.48. The molecule has 1 aliphatic heterocycles. The molecule has 0 bridgehead atoms. The molecule has 2 heterocycles. The van der Waals surface area contributed by atoms with Gasteiger partial charge in [0.25, 0.3) is 0 Å². The van der Waals surface area contributed by atoms with E-state index in [2.05, 4.69) is 4.98 Å². The molecule has 1 aromatic rings. The molecule has 1 aromatic heterocycles. The maximum absolute atomic E-state index is 11.9. The molecule has 1 aliphatic rings. The summed E-state index contributed by atoms with van der Waals surface area (Å²) >= 11 is 4.79. The van der Waals surface area contributed by atoms with E-state index in [1.807, 2.05) is 6.92 Å². The van der Waals surface area contributed by atoms with Crippen molar-refractivity contribution in [2.45, 2.75) is 37.9 Å². The fourth-order valence-corrected chi connectivity index (χ4v) is 3.18. The molecule has 0 saturated carbocycles. The fourth-order valence-electron chi connectivity index (χ4n) is 2.22. The number of aliphatic hydroxyl groups is 1. The zero-order valence-corrected chi connectivity index (χ0v) is 13.7. The normalized spacial score (nSPS) is 31.1. The largest absolute Gasteiger partial charge is 0.386 e. The summed E-state index contributed by atoms with van der Waals surface area (Å²) in [6.45, 7) is -1.66. The van der Waals surface area contributed by atoms with Gasteiger partial charge in [0.1, 0.15) is 18.0 Å². The second kappa shape index (κ2) is 6.71. The van der Waals surface area contributed by atoms with Crippen LogP contribution in [-0.4, -0.2) is 45.0 Å². The first-order valence-electron chi connectivity index (χ1n) is 6.54. The Morgan fingerprint density at radius 2 is 2.32 bits per heavy atom. The van der Waals surface area contributed by atoms with Crippen LogP contribution in [0.25, 0.3) is 0 Å². The molecule has 4 N–H and O–H groups in total. The summed E-state index contributed by atoms with van der Waals surface area (Å²) in [7, 11) is 1.22. The van der Waals surface area contributed by atoms with E-state index in [0.29, 0.717) is 6.42 Å². The molecule has 5 atom stereocenters. The molecular weight excluding hydrogens is 333 g/mol. The van der Waals surface area contributed by atoms with Crippen molar-refractivity contribution in [2.24, 2.45) is 0 Å². The van der Waals surface area contributed by atoms with E-state index in [9.17, 15) is 14.8 Å². The Hall–Kier alpha value is -0.870. The second-order valence-corrected chi connectivity index (χ2v) is 7.62. The van der Waals surface area contributed by atoms with Gasteiger partial charge in [-0.05, 0) is 24.3 Å². The number of aromatic nitrogens is 2. The zero-order chi connectivity index (χ0) is 16.5. The first kappa shape index (κ1) is 17.5. The Labute approximate surface area is 131 Å². The van der Waals surface area contributed by atoms with Crippen LogP contribution in [0, 0.1) is 0 Å². The van der Waals surface area contributed by atoms with Gasteiger partial charge < -0.3 is 25.0 Å². The SMILES string of the molecule is CC[C@H]1O[C@@H](n2ccc(N)nc2=O)C(O)[C@H]1OP(O)(=S)OC. The Kier molecular flexibility index (Phi) is 5.33. The number of aliphatic hydroxyl groups excluding tert-OH is 1. The van der Waals surface area contributed by atoms with Crippen LogP contribution in [0.2, 0.25) is 0 Å². The number of rotatable bonds is 5. The van der Waals surface area contributed by atoms with Gasteiger partial charge in [0, 0.05) is 13.3 Å². The summed E-state index contributed by atoms with van der Waals surface area (Å²) in [5.41, 5.74) is 4.77. The summed E-state index contributed by atoms with van der Waals surface area (Å²) in [5.74, 6) is 0.0684. The highest BCUT2D eigenvalue weighted by Gasteiger charge is 2.47. The molecule has 9 nitrogen and oxygen atoms in total. The molecule has 2 unspecified atom stereocenters. The minimum Gasteiger partial charge on any atom is -0.386 e. The van der Waals surface area contributed by atoms with Crippen LogP contribution in [0.15, 0.2) is 17.1 Å². The van der Waals surface area contributed by atoms with Crippen LogP contribution in [0.5, 0.6) is 0 Å². The third kappa shape index (κ3) is 3.54. The van der Waals surface area contributed by atoms with Crippen molar-refractivity contribution >= 4 is 24.3 Å². The molecule has 0 radical (unpaired) electrons. The Morgan fingerprint density at radius 1 is 1.64 bits per heavy atom. The van der Waals surface area contributed by atoms with E-state index in [4.69, 9.17) is 31.3 Å². The molecule has 11 heteroatoms.